The predicted octanol–water partition coefficient (Wildman–Crippen LogP) is 2.84. The van der Waals surface area contributed by atoms with Crippen molar-refractivity contribution in [3.63, 3.8) is 0 Å². The Morgan fingerprint density at radius 3 is 2.47 bits per heavy atom. The van der Waals surface area contributed by atoms with Crippen molar-refractivity contribution in [3.8, 4) is 0 Å². The van der Waals surface area contributed by atoms with Gasteiger partial charge in [-0.3, -0.25) is 0 Å². The van der Waals surface area contributed by atoms with Crippen LogP contribution in [-0.2, 0) is 17.5 Å². The Balaban J connectivity index is 2.59. The van der Waals surface area contributed by atoms with Gasteiger partial charge in [0.05, 0.1) is 15.7 Å². The first-order valence-corrected chi connectivity index (χ1v) is 7.03. The van der Waals surface area contributed by atoms with Crippen molar-refractivity contribution in [1.29, 1.82) is 0 Å². The molecular formula is C11H16INOS. The van der Waals surface area contributed by atoms with Gasteiger partial charge < -0.3 is 0 Å². The summed E-state index contributed by atoms with van der Waals surface area (Å²) in [6, 6.07) is 8.11. The molecule has 0 heterocycles. The van der Waals surface area contributed by atoms with E-state index < -0.39 is 11.0 Å². The Hall–Kier alpha value is 0.0600. The molecule has 0 spiro atoms. The van der Waals surface area contributed by atoms with E-state index in [0.29, 0.717) is 6.54 Å². The Morgan fingerprint density at radius 1 is 1.33 bits per heavy atom. The third kappa shape index (κ3) is 4.20. The molecule has 1 aromatic carbocycles. The van der Waals surface area contributed by atoms with Gasteiger partial charge in [-0.15, -0.1) is 0 Å². The fraction of sp³-hybridized carbons (Fsp3) is 0.455. The first-order valence-electron chi connectivity index (χ1n) is 4.80. The van der Waals surface area contributed by atoms with Crippen molar-refractivity contribution >= 4 is 33.6 Å². The normalized spacial score (nSPS) is 13.9. The van der Waals surface area contributed by atoms with Crippen LogP contribution in [0.25, 0.3) is 0 Å². The van der Waals surface area contributed by atoms with E-state index in [4.69, 9.17) is 0 Å². The fourth-order valence-electron chi connectivity index (χ4n) is 1.00. The SMILES string of the molecule is CC(C)(C)S(=O)NCc1ccccc1I. The van der Waals surface area contributed by atoms with E-state index in [0.717, 1.165) is 0 Å². The molecule has 1 N–H and O–H groups in total. The number of halogens is 1. The molecule has 0 fully saturated rings. The van der Waals surface area contributed by atoms with Crippen molar-refractivity contribution in [3.05, 3.63) is 33.4 Å². The standard InChI is InChI=1S/C11H16INOS/c1-11(2,3)15(14)13-8-9-6-4-5-7-10(9)12/h4-7,13H,8H2,1-3H3. The second-order valence-corrected chi connectivity index (χ2v) is 7.51. The van der Waals surface area contributed by atoms with Gasteiger partial charge in [0.15, 0.2) is 0 Å². The van der Waals surface area contributed by atoms with E-state index in [1.807, 2.05) is 32.9 Å². The van der Waals surface area contributed by atoms with Gasteiger partial charge in [0.25, 0.3) is 0 Å². The zero-order chi connectivity index (χ0) is 11.5. The molecule has 1 unspecified atom stereocenters. The lowest BCUT2D eigenvalue weighted by Crippen LogP contribution is -2.33. The van der Waals surface area contributed by atoms with Crippen molar-refractivity contribution in [1.82, 2.24) is 4.72 Å². The summed E-state index contributed by atoms with van der Waals surface area (Å²) in [5, 5.41) is 0. The van der Waals surface area contributed by atoms with Crippen LogP contribution >= 0.6 is 22.6 Å². The van der Waals surface area contributed by atoms with Crippen LogP contribution in [0.4, 0.5) is 0 Å². The lowest BCUT2D eigenvalue weighted by molar-refractivity contribution is 0.634. The Bertz CT molecular complexity index is 360. The lowest BCUT2D eigenvalue weighted by atomic mass is 10.2. The average Bonchev–Trinajstić information content (AvgIpc) is 2.14. The molecule has 0 aliphatic heterocycles. The minimum atomic E-state index is -0.999. The highest BCUT2D eigenvalue weighted by atomic mass is 127. The maximum absolute atomic E-state index is 11.7. The average molecular weight is 337 g/mol. The molecule has 2 nitrogen and oxygen atoms in total. The summed E-state index contributed by atoms with van der Waals surface area (Å²) in [7, 11) is -0.999. The second-order valence-electron chi connectivity index (χ2n) is 4.29. The van der Waals surface area contributed by atoms with Gasteiger partial charge in [0.1, 0.15) is 0 Å². The van der Waals surface area contributed by atoms with E-state index in [1.54, 1.807) is 0 Å². The lowest BCUT2D eigenvalue weighted by Gasteiger charge is -2.18. The summed E-state index contributed by atoms with van der Waals surface area (Å²) in [6.07, 6.45) is 0. The first-order chi connectivity index (χ1) is 6.91. The second kappa shape index (κ2) is 5.41. The topological polar surface area (TPSA) is 29.1 Å². The molecule has 1 atom stereocenters. The molecule has 0 bridgehead atoms. The highest BCUT2D eigenvalue weighted by molar-refractivity contribution is 14.1. The van der Waals surface area contributed by atoms with Crippen molar-refractivity contribution in [2.24, 2.45) is 0 Å². The predicted molar refractivity (Wildman–Crippen MR) is 73.9 cm³/mol. The molecule has 1 rings (SSSR count). The van der Waals surface area contributed by atoms with Crippen LogP contribution in [0.1, 0.15) is 26.3 Å². The highest BCUT2D eigenvalue weighted by Crippen LogP contribution is 2.13. The molecule has 0 amide bonds. The number of nitrogens with one attached hydrogen (secondary N) is 1. The summed E-state index contributed by atoms with van der Waals surface area (Å²) < 4.78 is 15.8. The smallest absolute Gasteiger partial charge is 0.0973 e. The number of hydrogen-bond acceptors (Lipinski definition) is 1. The molecule has 0 radical (unpaired) electrons. The van der Waals surface area contributed by atoms with Crippen LogP contribution in [0.3, 0.4) is 0 Å². The highest BCUT2D eigenvalue weighted by Gasteiger charge is 2.18. The molecule has 0 saturated heterocycles. The van der Waals surface area contributed by atoms with Gasteiger partial charge in [0.2, 0.25) is 0 Å². The van der Waals surface area contributed by atoms with Crippen LogP contribution in [0.15, 0.2) is 24.3 Å². The van der Waals surface area contributed by atoms with Crippen LogP contribution in [0.2, 0.25) is 0 Å². The maximum atomic E-state index is 11.7. The van der Waals surface area contributed by atoms with Gasteiger partial charge in [-0.2, -0.15) is 0 Å². The summed E-state index contributed by atoms with van der Waals surface area (Å²) >= 11 is 2.29. The van der Waals surface area contributed by atoms with Crippen LogP contribution in [-0.4, -0.2) is 8.96 Å². The Kier molecular flexibility index (Phi) is 4.73. The van der Waals surface area contributed by atoms with Gasteiger partial charge in [0, 0.05) is 10.1 Å². The summed E-state index contributed by atoms with van der Waals surface area (Å²) in [5.41, 5.74) is 1.19. The van der Waals surface area contributed by atoms with E-state index >= 15 is 0 Å². The largest absolute Gasteiger partial charge is 0.242 e. The quantitative estimate of drug-likeness (QED) is 0.845. The molecule has 0 saturated carbocycles. The Labute approximate surface area is 108 Å². The van der Waals surface area contributed by atoms with E-state index in [-0.39, 0.29) is 4.75 Å². The number of hydrogen-bond donors (Lipinski definition) is 1. The van der Waals surface area contributed by atoms with Crippen molar-refractivity contribution < 1.29 is 4.21 Å². The van der Waals surface area contributed by atoms with Crippen LogP contribution in [0, 0.1) is 3.57 Å². The number of rotatable bonds is 3. The first kappa shape index (κ1) is 13.1. The van der Waals surface area contributed by atoms with Crippen LogP contribution < -0.4 is 4.72 Å². The third-order valence-corrected chi connectivity index (χ3v) is 4.48. The van der Waals surface area contributed by atoms with Gasteiger partial charge >= 0.3 is 0 Å². The number of benzene rings is 1. The molecular weight excluding hydrogens is 321 g/mol. The zero-order valence-electron chi connectivity index (χ0n) is 9.21. The van der Waals surface area contributed by atoms with Crippen molar-refractivity contribution in [2.45, 2.75) is 32.1 Å². The van der Waals surface area contributed by atoms with E-state index in [9.17, 15) is 4.21 Å². The zero-order valence-corrected chi connectivity index (χ0v) is 12.2. The Morgan fingerprint density at radius 2 is 1.93 bits per heavy atom. The molecule has 4 heteroatoms. The summed E-state index contributed by atoms with van der Waals surface area (Å²) in [5.74, 6) is 0. The van der Waals surface area contributed by atoms with Gasteiger partial charge in [-0.1, -0.05) is 18.2 Å². The van der Waals surface area contributed by atoms with E-state index in [1.165, 1.54) is 9.13 Å². The van der Waals surface area contributed by atoms with Crippen molar-refractivity contribution in [2.75, 3.05) is 0 Å². The maximum Gasteiger partial charge on any atom is 0.0973 e. The monoisotopic (exact) mass is 337 g/mol. The van der Waals surface area contributed by atoms with Gasteiger partial charge in [-0.05, 0) is 55.0 Å². The molecule has 0 aliphatic rings. The van der Waals surface area contributed by atoms with E-state index in [2.05, 4.69) is 39.4 Å². The molecule has 1 aromatic rings. The fourth-order valence-corrected chi connectivity index (χ4v) is 2.30. The minimum absolute atomic E-state index is 0.208. The summed E-state index contributed by atoms with van der Waals surface area (Å²) in [4.78, 5) is 0. The molecule has 15 heavy (non-hydrogen) atoms. The summed E-state index contributed by atoms with van der Waals surface area (Å²) in [6.45, 7) is 6.55. The van der Waals surface area contributed by atoms with Crippen LogP contribution in [0.5, 0.6) is 0 Å². The third-order valence-electron chi connectivity index (χ3n) is 1.91. The molecule has 0 aromatic heterocycles. The minimum Gasteiger partial charge on any atom is -0.242 e. The molecule has 84 valence electrons. The van der Waals surface area contributed by atoms with Gasteiger partial charge in [-0.25, -0.2) is 8.93 Å². The molecule has 0 aliphatic carbocycles.